The molecule has 0 aliphatic carbocycles. The summed E-state index contributed by atoms with van der Waals surface area (Å²) in [5.41, 5.74) is 1.42. The lowest BCUT2D eigenvalue weighted by Gasteiger charge is -2.48. The number of halogens is 1. The third kappa shape index (κ3) is 2.10. The number of hydrogen-bond acceptors (Lipinski definition) is 2. The van der Waals surface area contributed by atoms with Gasteiger partial charge in [-0.15, -0.1) is 0 Å². The van der Waals surface area contributed by atoms with Crippen LogP contribution < -0.4 is 5.32 Å². The van der Waals surface area contributed by atoms with Crippen LogP contribution in [0.3, 0.4) is 0 Å². The fourth-order valence-electron chi connectivity index (χ4n) is 2.58. The zero-order valence-electron chi connectivity index (χ0n) is 8.62. The molecule has 3 aliphatic heterocycles. The number of benzene rings is 1. The molecule has 1 aromatic rings. The van der Waals surface area contributed by atoms with Gasteiger partial charge in [0.1, 0.15) is 0 Å². The minimum atomic E-state index is 0.763. The van der Waals surface area contributed by atoms with Crippen molar-refractivity contribution in [2.24, 2.45) is 0 Å². The molecule has 80 valence electrons. The maximum Gasteiger partial charge on any atom is 0.0235 e. The summed E-state index contributed by atoms with van der Waals surface area (Å²) in [4.78, 5) is 2.55. The average Bonchev–Trinajstić information content (AvgIpc) is 2.21. The van der Waals surface area contributed by atoms with Crippen molar-refractivity contribution in [3.05, 3.63) is 34.3 Å². The molecule has 0 aromatic heterocycles. The SMILES string of the molecule is Brc1ccc(CN2CC3CC(C2)N3)cc1. The number of hydrogen-bond donors (Lipinski definition) is 1. The van der Waals surface area contributed by atoms with E-state index in [1.807, 2.05) is 0 Å². The van der Waals surface area contributed by atoms with E-state index in [4.69, 9.17) is 0 Å². The minimum Gasteiger partial charge on any atom is -0.309 e. The Morgan fingerprint density at radius 3 is 2.40 bits per heavy atom. The Morgan fingerprint density at radius 1 is 1.20 bits per heavy atom. The predicted octanol–water partition coefficient (Wildman–Crippen LogP) is 2.00. The van der Waals surface area contributed by atoms with Gasteiger partial charge in [0.25, 0.3) is 0 Å². The second-order valence-corrected chi connectivity index (χ2v) is 5.53. The molecule has 0 radical (unpaired) electrons. The maximum atomic E-state index is 3.55. The largest absolute Gasteiger partial charge is 0.309 e. The van der Waals surface area contributed by atoms with Gasteiger partial charge in [-0.05, 0) is 24.1 Å². The molecule has 1 N–H and O–H groups in total. The second kappa shape index (κ2) is 3.89. The summed E-state index contributed by atoms with van der Waals surface area (Å²) in [5.74, 6) is 0. The van der Waals surface area contributed by atoms with Crippen LogP contribution in [0.5, 0.6) is 0 Å². The van der Waals surface area contributed by atoms with Crippen LogP contribution in [0, 0.1) is 0 Å². The number of nitrogens with one attached hydrogen (secondary N) is 1. The Morgan fingerprint density at radius 2 is 1.80 bits per heavy atom. The van der Waals surface area contributed by atoms with Crippen LogP contribution in [-0.2, 0) is 6.54 Å². The Hall–Kier alpha value is -0.380. The van der Waals surface area contributed by atoms with E-state index in [2.05, 4.69) is 50.4 Å². The van der Waals surface area contributed by atoms with E-state index < -0.39 is 0 Å². The molecular weight excluding hydrogens is 252 g/mol. The lowest BCUT2D eigenvalue weighted by Crippen LogP contribution is -2.66. The third-order valence-electron chi connectivity index (χ3n) is 3.32. The first-order valence-electron chi connectivity index (χ1n) is 5.52. The number of rotatable bonds is 2. The first-order valence-corrected chi connectivity index (χ1v) is 6.32. The summed E-state index contributed by atoms with van der Waals surface area (Å²) in [6.07, 6.45) is 1.39. The van der Waals surface area contributed by atoms with E-state index in [0.29, 0.717) is 0 Å². The Kier molecular flexibility index (Phi) is 2.54. The highest BCUT2D eigenvalue weighted by molar-refractivity contribution is 9.10. The maximum absolute atomic E-state index is 3.55. The number of piperidine rings is 1. The van der Waals surface area contributed by atoms with Gasteiger partial charge in [-0.25, -0.2) is 0 Å². The first-order chi connectivity index (χ1) is 7.29. The molecule has 3 heteroatoms. The molecule has 2 unspecified atom stereocenters. The number of piperazine rings is 1. The van der Waals surface area contributed by atoms with Crippen molar-refractivity contribution < 1.29 is 0 Å². The van der Waals surface area contributed by atoms with E-state index in [0.717, 1.165) is 23.1 Å². The molecule has 3 saturated heterocycles. The molecule has 3 heterocycles. The molecule has 2 nitrogen and oxygen atoms in total. The summed E-state index contributed by atoms with van der Waals surface area (Å²) < 4.78 is 1.16. The molecule has 3 fully saturated rings. The van der Waals surface area contributed by atoms with Crippen molar-refractivity contribution in [3.8, 4) is 0 Å². The van der Waals surface area contributed by atoms with Crippen molar-refractivity contribution in [3.63, 3.8) is 0 Å². The zero-order valence-corrected chi connectivity index (χ0v) is 10.2. The van der Waals surface area contributed by atoms with Crippen LogP contribution in [0.1, 0.15) is 12.0 Å². The van der Waals surface area contributed by atoms with Crippen molar-refractivity contribution in [2.45, 2.75) is 25.0 Å². The summed E-state index contributed by atoms with van der Waals surface area (Å²) >= 11 is 3.46. The Balaban J connectivity index is 1.63. The molecular formula is C12H15BrN2. The Labute approximate surface area is 98.8 Å². The summed E-state index contributed by atoms with van der Waals surface area (Å²) in [7, 11) is 0. The van der Waals surface area contributed by atoms with Crippen molar-refractivity contribution in [1.82, 2.24) is 10.2 Å². The topological polar surface area (TPSA) is 15.3 Å². The molecule has 1 aromatic carbocycles. The van der Waals surface area contributed by atoms with Gasteiger partial charge in [0.05, 0.1) is 0 Å². The quantitative estimate of drug-likeness (QED) is 0.881. The van der Waals surface area contributed by atoms with E-state index in [-0.39, 0.29) is 0 Å². The Bertz CT molecular complexity index is 333. The standard InChI is InChI=1S/C12H15BrN2/c13-10-3-1-9(2-4-10)6-15-7-11-5-12(8-15)14-11/h1-4,11-12,14H,5-8H2. The van der Waals surface area contributed by atoms with Gasteiger partial charge in [0, 0.05) is 36.2 Å². The normalized spacial score (nSPS) is 29.9. The van der Waals surface area contributed by atoms with E-state index in [1.54, 1.807) is 0 Å². The monoisotopic (exact) mass is 266 g/mol. The lowest BCUT2D eigenvalue weighted by atomic mass is 9.91. The zero-order chi connectivity index (χ0) is 10.3. The highest BCUT2D eigenvalue weighted by Crippen LogP contribution is 2.22. The average molecular weight is 267 g/mol. The minimum absolute atomic E-state index is 0.763. The van der Waals surface area contributed by atoms with Crippen LogP contribution in [0.25, 0.3) is 0 Å². The first kappa shape index (κ1) is 9.82. The number of fused-ring (bicyclic) bond motifs is 2. The molecule has 3 aliphatic rings. The van der Waals surface area contributed by atoms with Crippen LogP contribution in [0.2, 0.25) is 0 Å². The predicted molar refractivity (Wildman–Crippen MR) is 64.7 cm³/mol. The molecule has 2 atom stereocenters. The van der Waals surface area contributed by atoms with Crippen molar-refractivity contribution in [2.75, 3.05) is 13.1 Å². The molecule has 4 rings (SSSR count). The van der Waals surface area contributed by atoms with E-state index >= 15 is 0 Å². The smallest absolute Gasteiger partial charge is 0.0235 e. The third-order valence-corrected chi connectivity index (χ3v) is 3.85. The van der Waals surface area contributed by atoms with Crippen LogP contribution in [-0.4, -0.2) is 30.1 Å². The van der Waals surface area contributed by atoms with Gasteiger partial charge in [0.2, 0.25) is 0 Å². The van der Waals surface area contributed by atoms with Crippen molar-refractivity contribution in [1.29, 1.82) is 0 Å². The molecule has 0 amide bonds. The van der Waals surface area contributed by atoms with Gasteiger partial charge < -0.3 is 5.32 Å². The van der Waals surface area contributed by atoms with Gasteiger partial charge in [-0.2, -0.15) is 0 Å². The number of nitrogens with zero attached hydrogens (tertiary/aromatic N) is 1. The van der Waals surface area contributed by atoms with E-state index in [9.17, 15) is 0 Å². The van der Waals surface area contributed by atoms with Gasteiger partial charge in [0.15, 0.2) is 0 Å². The molecule has 15 heavy (non-hydrogen) atoms. The van der Waals surface area contributed by atoms with Crippen LogP contribution in [0.4, 0.5) is 0 Å². The second-order valence-electron chi connectivity index (χ2n) is 4.62. The fourth-order valence-corrected chi connectivity index (χ4v) is 2.85. The highest BCUT2D eigenvalue weighted by atomic mass is 79.9. The van der Waals surface area contributed by atoms with Gasteiger partial charge in [-0.1, -0.05) is 28.1 Å². The summed E-state index contributed by atoms with van der Waals surface area (Å²) in [5, 5.41) is 3.55. The molecule has 2 bridgehead atoms. The fraction of sp³-hybridized carbons (Fsp3) is 0.500. The van der Waals surface area contributed by atoms with Crippen LogP contribution >= 0.6 is 15.9 Å². The van der Waals surface area contributed by atoms with E-state index in [1.165, 1.54) is 25.1 Å². The highest BCUT2D eigenvalue weighted by Gasteiger charge is 2.35. The lowest BCUT2D eigenvalue weighted by molar-refractivity contribution is 0.0726. The van der Waals surface area contributed by atoms with Crippen LogP contribution in [0.15, 0.2) is 28.7 Å². The summed E-state index contributed by atoms with van der Waals surface area (Å²) in [6, 6.07) is 10.2. The molecule has 0 spiro atoms. The molecule has 0 saturated carbocycles. The summed E-state index contributed by atoms with van der Waals surface area (Å²) in [6.45, 7) is 3.53. The van der Waals surface area contributed by atoms with Crippen molar-refractivity contribution >= 4 is 15.9 Å². The van der Waals surface area contributed by atoms with Gasteiger partial charge in [-0.3, -0.25) is 4.90 Å². The van der Waals surface area contributed by atoms with Gasteiger partial charge >= 0.3 is 0 Å².